The molecule has 2 aliphatic rings. The predicted octanol–water partition coefficient (Wildman–Crippen LogP) is 3.01. The number of nitrogens with zero attached hydrogens (tertiary/aromatic N) is 3. The zero-order valence-corrected chi connectivity index (χ0v) is 17.4. The molecule has 4 rings (SSSR count). The van der Waals surface area contributed by atoms with Crippen molar-refractivity contribution in [2.75, 3.05) is 19.8 Å². The number of hydrogen-bond acceptors (Lipinski definition) is 3. The molecule has 152 valence electrons. The van der Waals surface area contributed by atoms with Crippen LogP contribution in [0, 0.1) is 12.8 Å². The summed E-state index contributed by atoms with van der Waals surface area (Å²) in [6, 6.07) is 10.9. The fourth-order valence-corrected chi connectivity index (χ4v) is 5.11. The lowest BCUT2D eigenvalue weighted by atomic mass is 9.81. The molecule has 3 heterocycles. The topological polar surface area (TPSA) is 41.5 Å². The molecule has 0 spiro atoms. The van der Waals surface area contributed by atoms with Crippen LogP contribution in [0.3, 0.4) is 0 Å². The van der Waals surface area contributed by atoms with Gasteiger partial charge in [0, 0.05) is 37.1 Å². The summed E-state index contributed by atoms with van der Waals surface area (Å²) in [5.41, 5.74) is 4.01. The van der Waals surface area contributed by atoms with Gasteiger partial charge in [0.2, 0.25) is 0 Å². The van der Waals surface area contributed by atoms with Gasteiger partial charge in [-0.05, 0) is 32.3 Å². The number of aryl methyl sites for hydroxylation is 2. The number of ether oxygens (including phenoxy) is 1. The average Bonchev–Trinajstić information content (AvgIpc) is 3.34. The highest BCUT2D eigenvalue weighted by Gasteiger charge is 2.40. The first-order chi connectivity index (χ1) is 13.6. The molecule has 0 amide bonds. The minimum absolute atomic E-state index is 0.192. The van der Waals surface area contributed by atoms with Crippen LogP contribution in [0.1, 0.15) is 55.5 Å². The van der Waals surface area contributed by atoms with Crippen LogP contribution < -0.4 is 4.68 Å². The van der Waals surface area contributed by atoms with Gasteiger partial charge in [0.05, 0.1) is 12.3 Å². The van der Waals surface area contributed by atoms with Gasteiger partial charge in [0.15, 0.2) is 12.7 Å². The first kappa shape index (κ1) is 19.6. The van der Waals surface area contributed by atoms with Gasteiger partial charge in [0.25, 0.3) is 0 Å². The van der Waals surface area contributed by atoms with E-state index in [0.717, 1.165) is 45.7 Å². The van der Waals surface area contributed by atoms with E-state index in [0.29, 0.717) is 12.0 Å². The second-order valence-corrected chi connectivity index (χ2v) is 8.44. The lowest BCUT2D eigenvalue weighted by Gasteiger charge is -2.41. The maximum Gasteiger partial charge on any atom is 0.198 e. The van der Waals surface area contributed by atoms with Gasteiger partial charge in [-0.1, -0.05) is 37.3 Å². The van der Waals surface area contributed by atoms with E-state index >= 15 is 0 Å². The number of aromatic nitrogens is 2. The quantitative estimate of drug-likeness (QED) is 0.806. The second-order valence-electron chi connectivity index (χ2n) is 8.44. The molecule has 0 saturated carbocycles. The Morgan fingerprint density at radius 1 is 1.21 bits per heavy atom. The molecule has 0 aliphatic carbocycles. The fraction of sp³-hybridized carbons (Fsp3) is 0.609. The molecule has 0 bridgehead atoms. The standard InChI is InChI=1S/C23H34N3O2/c1-4-25-14-17(2)22(26(25)20-11-13-28-16-20)21-10-12-24(23(27)18(21)3)15-19-8-6-5-7-9-19/h5-9,14,18,20-21,23,27H,4,10-13,15-16H2,1-3H3/q+1/t18?,20-,21?,23?/m0/s1. The maximum atomic E-state index is 11.1. The molecule has 4 atom stereocenters. The Balaban J connectivity index is 1.58. The van der Waals surface area contributed by atoms with Gasteiger partial charge in [-0.3, -0.25) is 4.90 Å². The Morgan fingerprint density at radius 3 is 2.68 bits per heavy atom. The molecule has 0 radical (unpaired) electrons. The molecule has 2 fully saturated rings. The van der Waals surface area contributed by atoms with Crippen molar-refractivity contribution in [1.29, 1.82) is 0 Å². The molecule has 2 saturated heterocycles. The first-order valence-corrected chi connectivity index (χ1v) is 10.7. The molecule has 2 aliphatic heterocycles. The van der Waals surface area contributed by atoms with Crippen LogP contribution in [0.5, 0.6) is 0 Å². The number of likely N-dealkylation sites (tertiary alicyclic amines) is 1. The summed E-state index contributed by atoms with van der Waals surface area (Å²) in [6.45, 7) is 11.0. The van der Waals surface area contributed by atoms with Gasteiger partial charge in [-0.25, -0.2) is 0 Å². The van der Waals surface area contributed by atoms with E-state index in [9.17, 15) is 5.11 Å². The summed E-state index contributed by atoms with van der Waals surface area (Å²) in [6.07, 6.45) is 4.01. The first-order valence-electron chi connectivity index (χ1n) is 10.7. The van der Waals surface area contributed by atoms with E-state index in [1.165, 1.54) is 16.8 Å². The SMILES string of the molecule is CC[n+]1cc(C)c(C2CCN(Cc3ccccc3)C(O)C2C)n1[C@H]1CCOC1. The van der Waals surface area contributed by atoms with Crippen molar-refractivity contribution in [2.45, 2.75) is 64.9 Å². The van der Waals surface area contributed by atoms with Gasteiger partial charge in [-0.15, -0.1) is 4.68 Å². The third-order valence-corrected chi connectivity index (χ3v) is 6.63. The third kappa shape index (κ3) is 3.63. The minimum atomic E-state index is -0.420. The lowest BCUT2D eigenvalue weighted by Crippen LogP contribution is -2.49. The van der Waals surface area contributed by atoms with E-state index in [1.807, 2.05) is 6.07 Å². The smallest absolute Gasteiger partial charge is 0.198 e. The van der Waals surface area contributed by atoms with Crippen molar-refractivity contribution >= 4 is 0 Å². The van der Waals surface area contributed by atoms with E-state index in [2.05, 4.69) is 65.5 Å². The van der Waals surface area contributed by atoms with Crippen molar-refractivity contribution in [3.05, 3.63) is 53.3 Å². The van der Waals surface area contributed by atoms with E-state index in [4.69, 9.17) is 4.74 Å². The zero-order chi connectivity index (χ0) is 19.7. The Bertz CT molecular complexity index is 783. The number of rotatable bonds is 5. The largest absolute Gasteiger partial charge is 0.379 e. The van der Waals surface area contributed by atoms with Crippen LogP contribution in [-0.2, 0) is 17.8 Å². The molecule has 5 heteroatoms. The molecular formula is C23H34N3O2+. The Hall–Kier alpha value is -1.69. The Kier molecular flexibility index (Phi) is 5.85. The molecule has 2 aromatic rings. The van der Waals surface area contributed by atoms with Crippen molar-refractivity contribution in [3.8, 4) is 0 Å². The van der Waals surface area contributed by atoms with E-state index in [1.54, 1.807) is 0 Å². The molecule has 5 nitrogen and oxygen atoms in total. The zero-order valence-electron chi connectivity index (χ0n) is 17.4. The van der Waals surface area contributed by atoms with E-state index < -0.39 is 6.23 Å². The van der Waals surface area contributed by atoms with Gasteiger partial charge >= 0.3 is 0 Å². The van der Waals surface area contributed by atoms with Crippen LogP contribution in [0.4, 0.5) is 0 Å². The highest BCUT2D eigenvalue weighted by Crippen LogP contribution is 2.39. The average molecular weight is 385 g/mol. The molecule has 1 aromatic heterocycles. The molecule has 28 heavy (non-hydrogen) atoms. The number of aliphatic hydroxyl groups excluding tert-OH is 1. The van der Waals surface area contributed by atoms with Crippen LogP contribution in [0.25, 0.3) is 0 Å². The monoisotopic (exact) mass is 384 g/mol. The van der Waals surface area contributed by atoms with Crippen molar-refractivity contribution in [1.82, 2.24) is 9.58 Å². The van der Waals surface area contributed by atoms with Crippen molar-refractivity contribution < 1.29 is 14.5 Å². The number of hydrogen-bond donors (Lipinski definition) is 1. The predicted molar refractivity (Wildman–Crippen MR) is 109 cm³/mol. The third-order valence-electron chi connectivity index (χ3n) is 6.63. The Labute approximate surface area is 168 Å². The number of benzene rings is 1. The summed E-state index contributed by atoms with van der Waals surface area (Å²) < 4.78 is 10.5. The second kappa shape index (κ2) is 8.36. The number of piperidine rings is 1. The van der Waals surface area contributed by atoms with Gasteiger partial charge in [0.1, 0.15) is 12.3 Å². The fourth-order valence-electron chi connectivity index (χ4n) is 5.11. The molecule has 1 aromatic carbocycles. The summed E-state index contributed by atoms with van der Waals surface area (Å²) >= 11 is 0. The van der Waals surface area contributed by atoms with Crippen molar-refractivity contribution in [2.24, 2.45) is 5.92 Å². The highest BCUT2D eigenvalue weighted by atomic mass is 16.5. The summed E-state index contributed by atoms with van der Waals surface area (Å²) in [5, 5.41) is 11.1. The van der Waals surface area contributed by atoms with E-state index in [-0.39, 0.29) is 5.92 Å². The van der Waals surface area contributed by atoms with Crippen LogP contribution in [-0.4, -0.2) is 40.7 Å². The lowest BCUT2D eigenvalue weighted by molar-refractivity contribution is -0.775. The van der Waals surface area contributed by atoms with Crippen LogP contribution in [0.2, 0.25) is 0 Å². The summed E-state index contributed by atoms with van der Waals surface area (Å²) in [5.74, 6) is 0.563. The Morgan fingerprint density at radius 2 is 2.00 bits per heavy atom. The van der Waals surface area contributed by atoms with Crippen molar-refractivity contribution in [3.63, 3.8) is 0 Å². The molecule has 1 N–H and O–H groups in total. The van der Waals surface area contributed by atoms with Gasteiger partial charge < -0.3 is 9.84 Å². The number of aliphatic hydroxyl groups is 1. The summed E-state index contributed by atoms with van der Waals surface area (Å²) in [7, 11) is 0. The molecule has 3 unspecified atom stereocenters. The normalized spacial score (nSPS) is 28.7. The van der Waals surface area contributed by atoms with Crippen LogP contribution >= 0.6 is 0 Å². The van der Waals surface area contributed by atoms with Gasteiger partial charge in [-0.2, -0.15) is 4.68 Å². The van der Waals surface area contributed by atoms with Crippen LogP contribution in [0.15, 0.2) is 36.5 Å². The minimum Gasteiger partial charge on any atom is -0.379 e. The molecular weight excluding hydrogens is 350 g/mol. The summed E-state index contributed by atoms with van der Waals surface area (Å²) in [4.78, 5) is 2.23. The highest BCUT2D eigenvalue weighted by molar-refractivity contribution is 5.21. The maximum absolute atomic E-state index is 11.1.